The lowest BCUT2D eigenvalue weighted by Gasteiger charge is -2.15. The summed E-state index contributed by atoms with van der Waals surface area (Å²) in [5.41, 5.74) is 1.16. The highest BCUT2D eigenvalue weighted by Gasteiger charge is 2.26. The number of ether oxygens (including phenoxy) is 1. The zero-order chi connectivity index (χ0) is 22.2. The molecule has 0 unspecified atom stereocenters. The molecule has 1 saturated carbocycles. The third-order valence-electron chi connectivity index (χ3n) is 5.31. The number of nitrogens with zero attached hydrogens (tertiary/aromatic N) is 3. The molecule has 0 aliphatic heterocycles. The molecule has 1 aliphatic carbocycles. The lowest BCUT2D eigenvalue weighted by molar-refractivity contribution is 0.0711. The van der Waals surface area contributed by atoms with Crippen molar-refractivity contribution in [3.8, 4) is 5.75 Å². The number of hydrogen-bond donors (Lipinski definition) is 2. The largest absolute Gasteiger partial charge is 0.490 e. The number of rotatable bonds is 8. The second kappa shape index (κ2) is 8.19. The van der Waals surface area contributed by atoms with Gasteiger partial charge in [0.2, 0.25) is 0 Å². The average molecular weight is 425 g/mol. The van der Waals surface area contributed by atoms with E-state index in [1.54, 1.807) is 53.5 Å². The summed E-state index contributed by atoms with van der Waals surface area (Å²) in [6.45, 7) is 5.81. The molecule has 8 heteroatoms. The number of fused-ring (bicyclic) bond motifs is 1. The first-order valence-electron chi connectivity index (χ1n) is 10.6. The molecule has 8 nitrogen and oxygen atoms in total. The summed E-state index contributed by atoms with van der Waals surface area (Å²) >= 11 is 0. The molecule has 0 atom stereocenters. The van der Waals surface area contributed by atoms with Gasteiger partial charge in [0.25, 0.3) is 11.5 Å². The fraction of sp³-hybridized carbons (Fsp3) is 0.435. The fourth-order valence-electron chi connectivity index (χ4n) is 3.51. The molecule has 0 spiro atoms. The van der Waals surface area contributed by atoms with Gasteiger partial charge in [-0.05, 0) is 70.7 Å². The van der Waals surface area contributed by atoms with Crippen LogP contribution in [0, 0.1) is 0 Å². The lowest BCUT2D eigenvalue weighted by atomic mass is 10.0. The lowest BCUT2D eigenvalue weighted by Crippen LogP contribution is -2.28. The van der Waals surface area contributed by atoms with Gasteiger partial charge in [0, 0.05) is 12.2 Å². The number of anilines is 1. The van der Waals surface area contributed by atoms with Gasteiger partial charge in [-0.25, -0.2) is 4.52 Å². The second-order valence-corrected chi connectivity index (χ2v) is 8.62. The third kappa shape index (κ3) is 4.80. The number of nitrogens with one attached hydrogen (secondary N) is 1. The van der Waals surface area contributed by atoms with Crippen molar-refractivity contribution in [3.63, 3.8) is 0 Å². The van der Waals surface area contributed by atoms with Crippen LogP contribution in [0.15, 0.2) is 41.5 Å². The SMILES string of the molecule is CCOc1cn2nc(CCC(C)(C)O)cc2cc1NC(=O)c1cccn(C2CC2)c1=O. The van der Waals surface area contributed by atoms with Crippen LogP contribution in [0.4, 0.5) is 5.69 Å². The molecule has 3 aromatic rings. The highest BCUT2D eigenvalue weighted by molar-refractivity contribution is 6.05. The summed E-state index contributed by atoms with van der Waals surface area (Å²) in [6.07, 6.45) is 6.59. The zero-order valence-electron chi connectivity index (χ0n) is 18.1. The maximum absolute atomic E-state index is 12.9. The van der Waals surface area contributed by atoms with Gasteiger partial charge in [-0.2, -0.15) is 5.10 Å². The van der Waals surface area contributed by atoms with Crippen molar-refractivity contribution >= 4 is 17.1 Å². The number of aryl methyl sites for hydroxylation is 1. The molecule has 1 fully saturated rings. The van der Waals surface area contributed by atoms with Crippen LogP contribution in [0.1, 0.15) is 62.1 Å². The number of aliphatic hydroxyl groups is 1. The highest BCUT2D eigenvalue weighted by atomic mass is 16.5. The van der Waals surface area contributed by atoms with Crippen molar-refractivity contribution in [1.29, 1.82) is 0 Å². The number of carbonyl (C=O) groups is 1. The molecule has 31 heavy (non-hydrogen) atoms. The molecule has 3 heterocycles. The molecule has 0 radical (unpaired) electrons. The minimum atomic E-state index is -0.769. The standard InChI is InChI=1S/C23H28N4O4/c1-4-31-20-14-27-17(12-15(25-27)9-10-23(2,3)30)13-19(20)24-21(28)18-6-5-11-26(22(18)29)16-7-8-16/h5-6,11-14,16,30H,4,7-10H2,1-3H3,(H,24,28). The van der Waals surface area contributed by atoms with Gasteiger partial charge in [-0.15, -0.1) is 0 Å². The minimum absolute atomic E-state index is 0.107. The van der Waals surface area contributed by atoms with Crippen molar-refractivity contribution in [3.05, 3.63) is 58.3 Å². The van der Waals surface area contributed by atoms with Gasteiger partial charge in [-0.3, -0.25) is 9.59 Å². The van der Waals surface area contributed by atoms with Gasteiger partial charge in [0.1, 0.15) is 5.56 Å². The number of aromatic nitrogens is 3. The van der Waals surface area contributed by atoms with E-state index in [1.165, 1.54) is 0 Å². The third-order valence-corrected chi connectivity index (χ3v) is 5.31. The van der Waals surface area contributed by atoms with Gasteiger partial charge >= 0.3 is 0 Å². The predicted molar refractivity (Wildman–Crippen MR) is 118 cm³/mol. The minimum Gasteiger partial charge on any atom is -0.490 e. The number of carbonyl (C=O) groups excluding carboxylic acids is 1. The smallest absolute Gasteiger partial charge is 0.263 e. The zero-order valence-corrected chi connectivity index (χ0v) is 18.1. The van der Waals surface area contributed by atoms with E-state index in [1.807, 2.05) is 13.0 Å². The Balaban J connectivity index is 1.62. The number of pyridine rings is 2. The molecule has 0 aromatic carbocycles. The van der Waals surface area contributed by atoms with Crippen LogP contribution in [0.25, 0.3) is 5.52 Å². The number of amides is 1. The Morgan fingerprint density at radius 1 is 1.35 bits per heavy atom. The van der Waals surface area contributed by atoms with E-state index in [0.29, 0.717) is 30.9 Å². The quantitative estimate of drug-likeness (QED) is 0.579. The Hall–Kier alpha value is -3.13. The maximum Gasteiger partial charge on any atom is 0.263 e. The molecule has 0 saturated heterocycles. The molecular weight excluding hydrogens is 396 g/mol. The van der Waals surface area contributed by atoms with Gasteiger partial charge in [0.05, 0.1) is 35.3 Å². The van der Waals surface area contributed by atoms with Gasteiger partial charge in [0.15, 0.2) is 5.75 Å². The topological polar surface area (TPSA) is 97.9 Å². The molecule has 4 rings (SSSR count). The Morgan fingerprint density at radius 2 is 2.13 bits per heavy atom. The van der Waals surface area contributed by atoms with E-state index in [-0.39, 0.29) is 17.2 Å². The maximum atomic E-state index is 12.9. The predicted octanol–water partition coefficient (Wildman–Crippen LogP) is 3.19. The van der Waals surface area contributed by atoms with Crippen molar-refractivity contribution in [2.24, 2.45) is 0 Å². The van der Waals surface area contributed by atoms with Gasteiger partial charge < -0.3 is 19.7 Å². The van der Waals surface area contributed by atoms with E-state index in [0.717, 1.165) is 24.1 Å². The van der Waals surface area contributed by atoms with Crippen LogP contribution in [-0.4, -0.2) is 37.4 Å². The van der Waals surface area contributed by atoms with Crippen molar-refractivity contribution in [2.45, 2.75) is 58.1 Å². The van der Waals surface area contributed by atoms with Crippen LogP contribution in [-0.2, 0) is 6.42 Å². The van der Waals surface area contributed by atoms with Crippen molar-refractivity contribution in [2.75, 3.05) is 11.9 Å². The van der Waals surface area contributed by atoms with E-state index in [9.17, 15) is 14.7 Å². The number of hydrogen-bond acceptors (Lipinski definition) is 5. The monoisotopic (exact) mass is 424 g/mol. The summed E-state index contributed by atoms with van der Waals surface area (Å²) in [7, 11) is 0. The summed E-state index contributed by atoms with van der Waals surface area (Å²) < 4.78 is 9.04. The van der Waals surface area contributed by atoms with E-state index in [2.05, 4.69) is 10.4 Å². The first-order valence-corrected chi connectivity index (χ1v) is 10.6. The summed E-state index contributed by atoms with van der Waals surface area (Å²) in [5.74, 6) is 0.00556. The molecule has 0 bridgehead atoms. The summed E-state index contributed by atoms with van der Waals surface area (Å²) in [4.78, 5) is 25.6. The van der Waals surface area contributed by atoms with Crippen LogP contribution in [0.2, 0.25) is 0 Å². The summed E-state index contributed by atoms with van der Waals surface area (Å²) in [6, 6.07) is 7.17. The molecule has 2 N–H and O–H groups in total. The van der Waals surface area contributed by atoms with Crippen LogP contribution in [0.5, 0.6) is 5.75 Å². The van der Waals surface area contributed by atoms with Crippen molar-refractivity contribution in [1.82, 2.24) is 14.2 Å². The normalized spacial score (nSPS) is 14.1. The van der Waals surface area contributed by atoms with Gasteiger partial charge in [-0.1, -0.05) is 0 Å². The Labute approximate surface area is 180 Å². The molecule has 3 aromatic heterocycles. The van der Waals surface area contributed by atoms with E-state index < -0.39 is 11.5 Å². The van der Waals surface area contributed by atoms with Crippen LogP contribution < -0.4 is 15.6 Å². The Kier molecular flexibility index (Phi) is 5.58. The van der Waals surface area contributed by atoms with Crippen molar-refractivity contribution < 1.29 is 14.6 Å². The fourth-order valence-corrected chi connectivity index (χ4v) is 3.51. The molecular formula is C23H28N4O4. The van der Waals surface area contributed by atoms with Crippen LogP contribution in [0.3, 0.4) is 0 Å². The van der Waals surface area contributed by atoms with E-state index in [4.69, 9.17) is 4.74 Å². The second-order valence-electron chi connectivity index (χ2n) is 8.62. The average Bonchev–Trinajstić information content (AvgIpc) is 3.46. The summed E-state index contributed by atoms with van der Waals surface area (Å²) in [5, 5.41) is 17.4. The first-order chi connectivity index (χ1) is 14.7. The highest BCUT2D eigenvalue weighted by Crippen LogP contribution is 2.33. The Bertz CT molecular complexity index is 1170. The molecule has 1 amide bonds. The molecule has 164 valence electrons. The van der Waals surface area contributed by atoms with Crippen LogP contribution >= 0.6 is 0 Å². The first kappa shape index (κ1) is 21.1. The molecule has 1 aliphatic rings. The van der Waals surface area contributed by atoms with E-state index >= 15 is 0 Å². The Morgan fingerprint density at radius 3 is 2.81 bits per heavy atom.